The van der Waals surface area contributed by atoms with Crippen molar-refractivity contribution in [3.8, 4) is 0 Å². The number of carbonyl (C=O) groups excluding carboxylic acids is 1. The van der Waals surface area contributed by atoms with Gasteiger partial charge in [-0.25, -0.2) is 8.42 Å². The summed E-state index contributed by atoms with van der Waals surface area (Å²) in [6.45, 7) is 5.83. The van der Waals surface area contributed by atoms with E-state index >= 15 is 0 Å². The summed E-state index contributed by atoms with van der Waals surface area (Å²) in [6.07, 6.45) is 0.371. The molecule has 8 heteroatoms. The van der Waals surface area contributed by atoms with Crippen LogP contribution in [0.5, 0.6) is 0 Å². The third kappa shape index (κ3) is 5.85. The largest absolute Gasteiger partial charge is 0.379 e. The summed E-state index contributed by atoms with van der Waals surface area (Å²) in [5, 5.41) is 2.86. The summed E-state index contributed by atoms with van der Waals surface area (Å²) < 4.78 is 32.7. The van der Waals surface area contributed by atoms with Gasteiger partial charge in [0.05, 0.1) is 18.1 Å². The summed E-state index contributed by atoms with van der Waals surface area (Å²) in [5.74, 6) is 0.576. The predicted molar refractivity (Wildman–Crippen MR) is 119 cm³/mol. The van der Waals surface area contributed by atoms with Gasteiger partial charge in [0, 0.05) is 36.7 Å². The second-order valence-electron chi connectivity index (χ2n) is 7.25. The van der Waals surface area contributed by atoms with Gasteiger partial charge >= 0.3 is 0 Å². The van der Waals surface area contributed by atoms with Crippen LogP contribution in [0.1, 0.15) is 23.1 Å². The van der Waals surface area contributed by atoms with Gasteiger partial charge in [-0.1, -0.05) is 24.3 Å². The minimum atomic E-state index is -3.60. The van der Waals surface area contributed by atoms with Crippen molar-refractivity contribution in [2.24, 2.45) is 0 Å². The van der Waals surface area contributed by atoms with Gasteiger partial charge in [0.25, 0.3) is 0 Å². The Labute approximate surface area is 183 Å². The van der Waals surface area contributed by atoms with Gasteiger partial charge in [0.1, 0.15) is 0 Å². The zero-order valence-corrected chi connectivity index (χ0v) is 19.0. The molecule has 0 spiro atoms. The highest BCUT2D eigenvalue weighted by atomic mass is 32.2. The molecule has 6 nitrogen and oxygen atoms in total. The summed E-state index contributed by atoms with van der Waals surface area (Å²) in [7, 11) is -3.60. The molecule has 162 valence electrons. The number of nitrogens with zero attached hydrogens (tertiary/aromatic N) is 1. The Hall–Kier alpha value is -1.87. The molecule has 30 heavy (non-hydrogen) atoms. The van der Waals surface area contributed by atoms with E-state index in [1.54, 1.807) is 36.0 Å². The van der Waals surface area contributed by atoms with E-state index in [-0.39, 0.29) is 17.3 Å². The van der Waals surface area contributed by atoms with Crippen LogP contribution >= 0.6 is 11.8 Å². The number of hydrogen-bond acceptors (Lipinski definition) is 5. The molecule has 1 aliphatic rings. The first-order valence-corrected chi connectivity index (χ1v) is 12.4. The molecule has 1 saturated heterocycles. The molecule has 0 bridgehead atoms. The monoisotopic (exact) mass is 448 g/mol. The minimum absolute atomic E-state index is 0.0927. The van der Waals surface area contributed by atoms with Gasteiger partial charge in [0.2, 0.25) is 15.9 Å². The average Bonchev–Trinajstić information content (AvgIpc) is 2.75. The molecule has 2 aromatic carbocycles. The fourth-order valence-electron chi connectivity index (χ4n) is 3.18. The number of thioether (sulfide) groups is 1. The highest BCUT2D eigenvalue weighted by Gasteiger charge is 2.28. The molecule has 0 atom stereocenters. The second kappa shape index (κ2) is 10.4. The number of ether oxygens (including phenoxy) is 1. The maximum absolute atomic E-state index is 13.0. The van der Waals surface area contributed by atoms with E-state index in [2.05, 4.69) is 37.4 Å². The summed E-state index contributed by atoms with van der Waals surface area (Å²) in [6, 6.07) is 13.1. The van der Waals surface area contributed by atoms with Crippen LogP contribution in [0, 0.1) is 13.8 Å². The maximum atomic E-state index is 13.0. The van der Waals surface area contributed by atoms with Gasteiger partial charge in [-0.05, 0) is 48.7 Å². The Kier molecular flexibility index (Phi) is 7.93. The number of aryl methyl sites for hydroxylation is 2. The van der Waals surface area contributed by atoms with Crippen molar-refractivity contribution in [2.45, 2.75) is 36.6 Å². The van der Waals surface area contributed by atoms with E-state index in [1.165, 1.54) is 15.4 Å². The van der Waals surface area contributed by atoms with Gasteiger partial charge in [0.15, 0.2) is 0 Å². The number of amides is 1. The number of morpholine rings is 1. The van der Waals surface area contributed by atoms with Crippen molar-refractivity contribution >= 4 is 27.7 Å². The molecular formula is C22H28N2O4S2. The predicted octanol–water partition coefficient (Wildman–Crippen LogP) is 3.12. The van der Waals surface area contributed by atoms with Gasteiger partial charge in [-0.3, -0.25) is 4.79 Å². The first-order valence-electron chi connectivity index (χ1n) is 10.0. The zero-order chi connectivity index (χ0) is 21.6. The lowest BCUT2D eigenvalue weighted by Gasteiger charge is -2.27. The molecule has 1 heterocycles. The highest BCUT2D eigenvalue weighted by Crippen LogP contribution is 2.23. The number of sulfonamides is 1. The molecule has 1 fully saturated rings. The van der Waals surface area contributed by atoms with E-state index < -0.39 is 10.0 Å². The lowest BCUT2D eigenvalue weighted by Crippen LogP contribution is -2.41. The Balaban J connectivity index is 1.55. The first kappa shape index (κ1) is 22.8. The van der Waals surface area contributed by atoms with Crippen LogP contribution in [0.3, 0.4) is 0 Å². The van der Waals surface area contributed by atoms with Crippen molar-refractivity contribution in [3.05, 3.63) is 59.2 Å². The minimum Gasteiger partial charge on any atom is -0.379 e. The average molecular weight is 449 g/mol. The number of carbonyl (C=O) groups is 1. The first-order chi connectivity index (χ1) is 14.4. The molecule has 3 rings (SSSR count). The van der Waals surface area contributed by atoms with E-state index in [0.29, 0.717) is 44.0 Å². The fourth-order valence-corrected chi connectivity index (χ4v) is 5.75. The number of benzene rings is 2. The lowest BCUT2D eigenvalue weighted by molar-refractivity contribution is -0.120. The van der Waals surface area contributed by atoms with E-state index in [4.69, 9.17) is 4.74 Å². The Bertz CT molecular complexity index is 986. The van der Waals surface area contributed by atoms with Crippen molar-refractivity contribution in [3.63, 3.8) is 0 Å². The van der Waals surface area contributed by atoms with E-state index in [9.17, 15) is 13.2 Å². The van der Waals surface area contributed by atoms with Crippen molar-refractivity contribution in [1.29, 1.82) is 0 Å². The van der Waals surface area contributed by atoms with Gasteiger partial charge in [-0.2, -0.15) is 4.31 Å². The Morgan fingerprint density at radius 1 is 1.10 bits per heavy atom. The smallest absolute Gasteiger partial charge is 0.243 e. The molecule has 0 aromatic heterocycles. The van der Waals surface area contributed by atoms with Crippen LogP contribution in [-0.4, -0.2) is 50.7 Å². The molecule has 0 aliphatic carbocycles. The van der Waals surface area contributed by atoms with Crippen LogP contribution in [0.2, 0.25) is 0 Å². The van der Waals surface area contributed by atoms with Crippen LogP contribution in [0.25, 0.3) is 0 Å². The van der Waals surface area contributed by atoms with Crippen LogP contribution in [0.15, 0.2) is 52.3 Å². The third-order valence-electron chi connectivity index (χ3n) is 5.11. The standard InChI is InChI=1S/C22H28N2O4S2/c1-17-7-8-20(15-18(17)2)29-14-9-22(25)23-16-19-5-3-4-6-21(19)30(26,27)24-10-12-28-13-11-24/h3-8,15H,9-14,16H2,1-2H3,(H,23,25). The topological polar surface area (TPSA) is 75.7 Å². The lowest BCUT2D eigenvalue weighted by atomic mass is 10.1. The molecule has 2 aromatic rings. The zero-order valence-electron chi connectivity index (χ0n) is 17.4. The number of nitrogens with one attached hydrogen (secondary N) is 1. The van der Waals surface area contributed by atoms with Crippen LogP contribution in [0.4, 0.5) is 0 Å². The van der Waals surface area contributed by atoms with E-state index in [1.807, 2.05) is 0 Å². The summed E-state index contributed by atoms with van der Waals surface area (Å²) in [4.78, 5) is 13.7. The molecule has 1 N–H and O–H groups in total. The summed E-state index contributed by atoms with van der Waals surface area (Å²) in [5.41, 5.74) is 3.09. The molecular weight excluding hydrogens is 420 g/mol. The van der Waals surface area contributed by atoms with E-state index in [0.717, 1.165) is 4.90 Å². The highest BCUT2D eigenvalue weighted by molar-refractivity contribution is 7.99. The SMILES string of the molecule is Cc1ccc(SCCC(=O)NCc2ccccc2S(=O)(=O)N2CCOCC2)cc1C. The maximum Gasteiger partial charge on any atom is 0.243 e. The Morgan fingerprint density at radius 2 is 1.83 bits per heavy atom. The second-order valence-corrected chi connectivity index (χ2v) is 10.3. The quantitative estimate of drug-likeness (QED) is 0.628. The molecule has 1 amide bonds. The Morgan fingerprint density at radius 3 is 2.57 bits per heavy atom. The molecule has 0 saturated carbocycles. The normalized spacial score (nSPS) is 15.1. The number of hydrogen-bond donors (Lipinski definition) is 1. The fraction of sp³-hybridized carbons (Fsp3) is 0.409. The van der Waals surface area contributed by atoms with Crippen molar-refractivity contribution in [1.82, 2.24) is 9.62 Å². The third-order valence-corrected chi connectivity index (χ3v) is 8.11. The molecule has 1 aliphatic heterocycles. The van der Waals surface area contributed by atoms with Crippen LogP contribution in [-0.2, 0) is 26.1 Å². The summed E-state index contributed by atoms with van der Waals surface area (Å²) >= 11 is 1.64. The van der Waals surface area contributed by atoms with Crippen LogP contribution < -0.4 is 5.32 Å². The molecule has 0 unspecified atom stereocenters. The molecule has 0 radical (unpaired) electrons. The van der Waals surface area contributed by atoms with Gasteiger partial charge in [-0.15, -0.1) is 11.8 Å². The van der Waals surface area contributed by atoms with Crippen molar-refractivity contribution in [2.75, 3.05) is 32.1 Å². The van der Waals surface area contributed by atoms with Crippen molar-refractivity contribution < 1.29 is 17.9 Å². The van der Waals surface area contributed by atoms with Gasteiger partial charge < -0.3 is 10.1 Å². The number of rotatable bonds is 8.